The third-order valence-corrected chi connectivity index (χ3v) is 3.73. The van der Waals surface area contributed by atoms with E-state index in [1.54, 1.807) is 0 Å². The number of nitro benzene ring substituents is 1. The van der Waals surface area contributed by atoms with Crippen molar-refractivity contribution in [1.82, 2.24) is 5.32 Å². The minimum absolute atomic E-state index is 0.0715. The van der Waals surface area contributed by atoms with E-state index in [-0.39, 0.29) is 11.3 Å². The second kappa shape index (κ2) is 7.23. The number of hydrogen-bond donors (Lipinski definition) is 3. The van der Waals surface area contributed by atoms with Gasteiger partial charge in [0.05, 0.1) is 17.0 Å². The molecule has 0 aliphatic carbocycles. The van der Waals surface area contributed by atoms with Gasteiger partial charge in [-0.15, -0.1) is 11.8 Å². The first-order chi connectivity index (χ1) is 10.2. The number of hydrogen-bond acceptors (Lipinski definition) is 6. The average molecular weight is 328 g/mol. The van der Waals surface area contributed by atoms with Crippen LogP contribution in [-0.4, -0.2) is 44.9 Å². The summed E-state index contributed by atoms with van der Waals surface area (Å²) >= 11 is 1.33. The minimum Gasteiger partial charge on any atom is -0.479 e. The summed E-state index contributed by atoms with van der Waals surface area (Å²) < 4.78 is 0. The van der Waals surface area contributed by atoms with Gasteiger partial charge in [-0.2, -0.15) is 0 Å². The molecule has 1 aromatic carbocycles. The molecule has 120 valence electrons. The summed E-state index contributed by atoms with van der Waals surface area (Å²) in [4.78, 5) is 33.6. The smallest absolute Gasteiger partial charge is 0.337 e. The molecule has 0 spiro atoms. The van der Waals surface area contributed by atoms with Crippen molar-refractivity contribution in [3.05, 3.63) is 33.9 Å². The van der Waals surface area contributed by atoms with Crippen LogP contribution in [0.15, 0.2) is 23.1 Å². The lowest BCUT2D eigenvalue weighted by molar-refractivity contribution is -0.384. The van der Waals surface area contributed by atoms with Crippen LogP contribution in [0.2, 0.25) is 0 Å². The number of non-ortho nitro benzene ring substituents is 1. The van der Waals surface area contributed by atoms with E-state index in [1.165, 1.54) is 23.9 Å². The van der Waals surface area contributed by atoms with Crippen molar-refractivity contribution in [1.29, 1.82) is 0 Å². The highest BCUT2D eigenvalue weighted by molar-refractivity contribution is 7.99. The Morgan fingerprint density at radius 1 is 1.45 bits per heavy atom. The summed E-state index contributed by atoms with van der Waals surface area (Å²) in [5.41, 5.74) is -2.29. The number of rotatable bonds is 7. The van der Waals surface area contributed by atoms with Crippen molar-refractivity contribution in [3.63, 3.8) is 0 Å². The molecule has 0 aliphatic rings. The lowest BCUT2D eigenvalue weighted by atomic mass is 10.1. The van der Waals surface area contributed by atoms with Gasteiger partial charge in [-0.3, -0.25) is 14.9 Å². The first-order valence-corrected chi connectivity index (χ1v) is 7.32. The lowest BCUT2D eigenvalue weighted by Crippen LogP contribution is -2.46. The number of carboxylic acid groups (broad SMARTS) is 1. The van der Waals surface area contributed by atoms with Crippen molar-refractivity contribution >= 4 is 29.3 Å². The van der Waals surface area contributed by atoms with Crippen molar-refractivity contribution in [2.45, 2.75) is 24.3 Å². The molecule has 0 radical (unpaired) electrons. The topological polar surface area (TPSA) is 130 Å². The molecule has 0 aliphatic heterocycles. The number of amides is 1. The molecule has 9 heteroatoms. The fourth-order valence-corrected chi connectivity index (χ4v) is 2.30. The van der Waals surface area contributed by atoms with Crippen LogP contribution in [0.1, 0.15) is 24.2 Å². The Morgan fingerprint density at radius 3 is 2.59 bits per heavy atom. The highest BCUT2D eigenvalue weighted by Gasteiger charge is 2.30. The highest BCUT2D eigenvalue weighted by Crippen LogP contribution is 2.26. The average Bonchev–Trinajstić information content (AvgIpc) is 2.45. The monoisotopic (exact) mass is 328 g/mol. The second-order valence-electron chi connectivity index (χ2n) is 4.63. The Morgan fingerprint density at radius 2 is 2.09 bits per heavy atom. The van der Waals surface area contributed by atoms with E-state index in [1.807, 2.05) is 6.92 Å². The highest BCUT2D eigenvalue weighted by atomic mass is 32.2. The predicted molar refractivity (Wildman–Crippen MR) is 80.1 cm³/mol. The minimum atomic E-state index is -2.12. The third-order valence-electron chi connectivity index (χ3n) is 2.77. The second-order valence-corrected chi connectivity index (χ2v) is 5.94. The van der Waals surface area contributed by atoms with Gasteiger partial charge in [-0.1, -0.05) is 6.92 Å². The maximum Gasteiger partial charge on any atom is 0.337 e. The Hall–Kier alpha value is -2.13. The van der Waals surface area contributed by atoms with Crippen molar-refractivity contribution in [2.75, 3.05) is 12.3 Å². The van der Waals surface area contributed by atoms with Gasteiger partial charge >= 0.3 is 5.97 Å². The standard InChI is InChI=1S/C13H16N2O6S/c1-3-22-10-5-4-8(15(20)21)6-9(10)11(16)14-7-13(2,19)12(17)18/h4-6,19H,3,7H2,1-2H3,(H,14,16)(H,17,18). The molecule has 3 N–H and O–H groups in total. The first-order valence-electron chi connectivity index (χ1n) is 6.34. The van der Waals surface area contributed by atoms with Crippen LogP contribution < -0.4 is 5.32 Å². The number of carbonyl (C=O) groups excluding carboxylic acids is 1. The van der Waals surface area contributed by atoms with Crippen LogP contribution >= 0.6 is 11.8 Å². The molecule has 0 saturated carbocycles. The molecule has 0 bridgehead atoms. The van der Waals surface area contributed by atoms with Crippen LogP contribution in [0.4, 0.5) is 5.69 Å². The van der Waals surface area contributed by atoms with Gasteiger partial charge in [0.25, 0.3) is 11.6 Å². The molecule has 1 amide bonds. The Kier molecular flexibility index (Phi) is 5.89. The number of nitro groups is 1. The Balaban J connectivity index is 3.02. The van der Waals surface area contributed by atoms with Crippen LogP contribution in [0.3, 0.4) is 0 Å². The normalized spacial score (nSPS) is 13.2. The van der Waals surface area contributed by atoms with E-state index in [2.05, 4.69) is 5.32 Å². The summed E-state index contributed by atoms with van der Waals surface area (Å²) in [6.07, 6.45) is 0. The van der Waals surface area contributed by atoms with Gasteiger partial charge in [0.1, 0.15) is 0 Å². The van der Waals surface area contributed by atoms with Gasteiger partial charge in [-0.05, 0) is 18.7 Å². The molecular weight excluding hydrogens is 312 g/mol. The molecule has 1 rings (SSSR count). The number of benzene rings is 1. The van der Waals surface area contributed by atoms with E-state index in [0.29, 0.717) is 10.6 Å². The number of carbonyl (C=O) groups is 2. The van der Waals surface area contributed by atoms with Gasteiger partial charge in [0, 0.05) is 17.0 Å². The molecule has 0 saturated heterocycles. The first kappa shape index (κ1) is 17.9. The van der Waals surface area contributed by atoms with Crippen LogP contribution in [0.5, 0.6) is 0 Å². The number of carboxylic acids is 1. The van der Waals surface area contributed by atoms with Crippen molar-refractivity contribution < 1.29 is 24.7 Å². The van der Waals surface area contributed by atoms with E-state index in [0.717, 1.165) is 13.0 Å². The lowest BCUT2D eigenvalue weighted by Gasteiger charge is -2.18. The molecule has 22 heavy (non-hydrogen) atoms. The number of aliphatic hydroxyl groups is 1. The van der Waals surface area contributed by atoms with E-state index >= 15 is 0 Å². The fourth-order valence-electron chi connectivity index (χ4n) is 1.51. The molecule has 1 atom stereocenters. The molecule has 0 aromatic heterocycles. The van der Waals surface area contributed by atoms with Crippen LogP contribution in [0.25, 0.3) is 0 Å². The summed E-state index contributed by atoms with van der Waals surface area (Å²) in [5.74, 6) is -1.50. The van der Waals surface area contributed by atoms with Gasteiger partial charge in [0.15, 0.2) is 5.60 Å². The molecular formula is C13H16N2O6S. The van der Waals surface area contributed by atoms with Gasteiger partial charge < -0.3 is 15.5 Å². The summed E-state index contributed by atoms with van der Waals surface area (Å²) in [6.45, 7) is 2.40. The quantitative estimate of drug-likeness (QED) is 0.390. The summed E-state index contributed by atoms with van der Waals surface area (Å²) in [6, 6.07) is 3.89. The van der Waals surface area contributed by atoms with E-state index in [9.17, 15) is 24.8 Å². The third kappa shape index (κ3) is 4.43. The van der Waals surface area contributed by atoms with Crippen molar-refractivity contribution in [2.24, 2.45) is 0 Å². The summed E-state index contributed by atoms with van der Waals surface area (Å²) in [7, 11) is 0. The Labute approximate surface area is 130 Å². The zero-order valence-corrected chi connectivity index (χ0v) is 12.8. The van der Waals surface area contributed by atoms with Gasteiger partial charge in [-0.25, -0.2) is 4.79 Å². The molecule has 1 unspecified atom stereocenters. The SMILES string of the molecule is CCSc1ccc([N+](=O)[O-])cc1C(=O)NCC(C)(O)C(=O)O. The number of aliphatic carboxylic acids is 1. The maximum absolute atomic E-state index is 12.1. The van der Waals surface area contributed by atoms with E-state index < -0.39 is 28.9 Å². The predicted octanol–water partition coefficient (Wildman–Crippen LogP) is 1.27. The number of thioether (sulfide) groups is 1. The van der Waals surface area contributed by atoms with Gasteiger partial charge in [0.2, 0.25) is 0 Å². The number of nitrogens with zero attached hydrogens (tertiary/aromatic N) is 1. The zero-order valence-electron chi connectivity index (χ0n) is 12.0. The summed E-state index contributed by atoms with van der Waals surface area (Å²) in [5, 5.41) is 31.4. The van der Waals surface area contributed by atoms with Crippen molar-refractivity contribution in [3.8, 4) is 0 Å². The number of nitrogens with one attached hydrogen (secondary N) is 1. The zero-order chi connectivity index (χ0) is 16.9. The molecule has 1 aromatic rings. The maximum atomic E-state index is 12.1. The Bertz CT molecular complexity index is 602. The molecule has 0 heterocycles. The van der Waals surface area contributed by atoms with Crippen LogP contribution in [-0.2, 0) is 4.79 Å². The molecule has 8 nitrogen and oxygen atoms in total. The van der Waals surface area contributed by atoms with E-state index in [4.69, 9.17) is 5.11 Å². The fraction of sp³-hybridized carbons (Fsp3) is 0.385. The molecule has 0 fully saturated rings. The van der Waals surface area contributed by atoms with Crippen LogP contribution in [0, 0.1) is 10.1 Å². The largest absolute Gasteiger partial charge is 0.479 e.